The van der Waals surface area contributed by atoms with E-state index in [2.05, 4.69) is 21.8 Å². The molecule has 2 rings (SSSR count). The van der Waals surface area contributed by atoms with Gasteiger partial charge in [-0.05, 0) is 33.0 Å². The minimum Gasteiger partial charge on any atom is -0.473 e. The summed E-state index contributed by atoms with van der Waals surface area (Å²) >= 11 is 0. The first kappa shape index (κ1) is 13.0. The third-order valence-corrected chi connectivity index (χ3v) is 3.05. The van der Waals surface area contributed by atoms with Crippen LogP contribution in [0.4, 0.5) is 11.5 Å². The number of piperazine rings is 1. The lowest BCUT2D eigenvalue weighted by Crippen LogP contribution is -2.44. The van der Waals surface area contributed by atoms with Gasteiger partial charge in [0.2, 0.25) is 5.88 Å². The lowest BCUT2D eigenvalue weighted by Gasteiger charge is -2.33. The molecule has 1 aromatic heterocycles. The lowest BCUT2D eigenvalue weighted by atomic mass is 10.3. The average Bonchev–Trinajstić information content (AvgIpc) is 2.32. The number of rotatable bonds is 3. The summed E-state index contributed by atoms with van der Waals surface area (Å²) in [5.74, 6) is 1.49. The van der Waals surface area contributed by atoms with Crippen molar-refractivity contribution < 1.29 is 4.74 Å². The van der Waals surface area contributed by atoms with E-state index < -0.39 is 0 Å². The van der Waals surface area contributed by atoms with Crippen LogP contribution < -0.4 is 15.4 Å². The number of hydrogen-bond donors (Lipinski definition) is 1. The molecular weight excluding hydrogens is 228 g/mol. The first-order valence-corrected chi connectivity index (χ1v) is 6.43. The average molecular weight is 250 g/mol. The fourth-order valence-corrected chi connectivity index (χ4v) is 1.97. The Hall–Kier alpha value is -1.49. The summed E-state index contributed by atoms with van der Waals surface area (Å²) in [5.41, 5.74) is 6.47. The van der Waals surface area contributed by atoms with Gasteiger partial charge in [-0.15, -0.1) is 0 Å². The third kappa shape index (κ3) is 3.04. The van der Waals surface area contributed by atoms with Crippen LogP contribution in [0.3, 0.4) is 0 Å². The fourth-order valence-electron chi connectivity index (χ4n) is 1.97. The van der Waals surface area contributed by atoms with Crippen molar-refractivity contribution in [3.8, 4) is 5.88 Å². The van der Waals surface area contributed by atoms with Gasteiger partial charge in [0, 0.05) is 26.2 Å². The van der Waals surface area contributed by atoms with Gasteiger partial charge in [0.15, 0.2) is 0 Å². The summed E-state index contributed by atoms with van der Waals surface area (Å²) < 4.78 is 5.62. The van der Waals surface area contributed by atoms with Gasteiger partial charge in [0.25, 0.3) is 0 Å². The Morgan fingerprint density at radius 1 is 1.22 bits per heavy atom. The summed E-state index contributed by atoms with van der Waals surface area (Å²) in [6.45, 7) is 8.06. The number of pyridine rings is 1. The highest BCUT2D eigenvalue weighted by Crippen LogP contribution is 2.24. The largest absolute Gasteiger partial charge is 0.473 e. The number of hydrogen-bond acceptors (Lipinski definition) is 5. The number of nitrogen functional groups attached to an aromatic ring is 1. The molecule has 1 aliphatic heterocycles. The molecule has 0 bridgehead atoms. The van der Waals surface area contributed by atoms with Gasteiger partial charge in [-0.3, -0.25) is 0 Å². The minimum absolute atomic E-state index is 0.0857. The molecule has 0 radical (unpaired) electrons. The molecule has 0 unspecified atom stereocenters. The monoisotopic (exact) mass is 250 g/mol. The quantitative estimate of drug-likeness (QED) is 0.873. The highest BCUT2D eigenvalue weighted by Gasteiger charge is 2.16. The van der Waals surface area contributed by atoms with E-state index in [0.717, 1.165) is 32.0 Å². The van der Waals surface area contributed by atoms with E-state index >= 15 is 0 Å². The van der Waals surface area contributed by atoms with Gasteiger partial charge < -0.3 is 20.3 Å². The molecule has 1 aromatic rings. The van der Waals surface area contributed by atoms with Crippen LogP contribution in [0.1, 0.15) is 13.8 Å². The maximum absolute atomic E-state index is 5.88. The van der Waals surface area contributed by atoms with Crippen LogP contribution in [0.25, 0.3) is 0 Å². The molecule has 1 saturated heterocycles. The van der Waals surface area contributed by atoms with Crippen LogP contribution >= 0.6 is 0 Å². The normalized spacial score (nSPS) is 17.2. The fraction of sp³-hybridized carbons (Fsp3) is 0.615. The third-order valence-electron chi connectivity index (χ3n) is 3.05. The first-order valence-electron chi connectivity index (χ1n) is 6.43. The Morgan fingerprint density at radius 2 is 1.89 bits per heavy atom. The standard InChI is InChI=1S/C13H22N4O/c1-10(2)18-13-11(14)4-5-12(15-13)17-8-6-16(3)7-9-17/h4-5,10H,6-9,14H2,1-3H3. The highest BCUT2D eigenvalue weighted by atomic mass is 16.5. The zero-order chi connectivity index (χ0) is 13.1. The summed E-state index contributed by atoms with van der Waals surface area (Å²) in [7, 11) is 2.14. The maximum atomic E-state index is 5.88. The van der Waals surface area contributed by atoms with Crippen LogP contribution in [-0.4, -0.2) is 49.2 Å². The molecule has 0 aromatic carbocycles. The molecule has 0 spiro atoms. The number of aromatic nitrogens is 1. The molecule has 0 atom stereocenters. The summed E-state index contributed by atoms with van der Waals surface area (Å²) in [6, 6.07) is 3.84. The second kappa shape index (κ2) is 5.44. The van der Waals surface area contributed by atoms with Crippen molar-refractivity contribution in [1.82, 2.24) is 9.88 Å². The molecule has 100 valence electrons. The van der Waals surface area contributed by atoms with Crippen molar-refractivity contribution in [2.24, 2.45) is 0 Å². The summed E-state index contributed by atoms with van der Waals surface area (Å²) in [4.78, 5) is 9.11. The number of nitrogens with two attached hydrogens (primary N) is 1. The van der Waals surface area contributed by atoms with E-state index in [0.29, 0.717) is 11.6 Å². The second-order valence-electron chi connectivity index (χ2n) is 5.02. The van der Waals surface area contributed by atoms with E-state index in [1.54, 1.807) is 0 Å². The van der Waals surface area contributed by atoms with Gasteiger partial charge in [0.05, 0.1) is 11.8 Å². The molecular formula is C13H22N4O. The molecule has 0 saturated carbocycles. The lowest BCUT2D eigenvalue weighted by molar-refractivity contribution is 0.234. The molecule has 18 heavy (non-hydrogen) atoms. The smallest absolute Gasteiger partial charge is 0.239 e. The SMILES string of the molecule is CC(C)Oc1nc(N2CCN(C)CC2)ccc1N. The summed E-state index contributed by atoms with van der Waals surface area (Å²) in [5, 5.41) is 0. The Labute approximate surface area is 109 Å². The van der Waals surface area contributed by atoms with Gasteiger partial charge in [-0.1, -0.05) is 0 Å². The van der Waals surface area contributed by atoms with Gasteiger partial charge in [-0.2, -0.15) is 4.98 Å². The first-order chi connectivity index (χ1) is 8.56. The molecule has 1 aliphatic rings. The van der Waals surface area contributed by atoms with Crippen molar-refractivity contribution in [1.29, 1.82) is 0 Å². The molecule has 5 heteroatoms. The van der Waals surface area contributed by atoms with Crippen LogP contribution in [-0.2, 0) is 0 Å². The van der Waals surface area contributed by atoms with Crippen LogP contribution in [0, 0.1) is 0 Å². The van der Waals surface area contributed by atoms with Crippen LogP contribution in [0.2, 0.25) is 0 Å². The van der Waals surface area contributed by atoms with Gasteiger partial charge in [-0.25, -0.2) is 0 Å². The Balaban J connectivity index is 2.13. The van der Waals surface area contributed by atoms with Crippen LogP contribution in [0.5, 0.6) is 5.88 Å². The van der Waals surface area contributed by atoms with Crippen molar-refractivity contribution in [3.63, 3.8) is 0 Å². The number of anilines is 2. The number of likely N-dealkylation sites (N-methyl/N-ethyl adjacent to an activating group) is 1. The Bertz CT molecular complexity index is 400. The number of ether oxygens (including phenoxy) is 1. The van der Waals surface area contributed by atoms with Crippen molar-refractivity contribution in [2.45, 2.75) is 20.0 Å². The minimum atomic E-state index is 0.0857. The zero-order valence-corrected chi connectivity index (χ0v) is 11.4. The maximum Gasteiger partial charge on any atom is 0.239 e. The Morgan fingerprint density at radius 3 is 2.50 bits per heavy atom. The van der Waals surface area contributed by atoms with E-state index in [4.69, 9.17) is 10.5 Å². The van der Waals surface area contributed by atoms with Crippen molar-refractivity contribution in [2.75, 3.05) is 43.9 Å². The van der Waals surface area contributed by atoms with E-state index in [9.17, 15) is 0 Å². The molecule has 2 heterocycles. The van der Waals surface area contributed by atoms with E-state index in [-0.39, 0.29) is 6.10 Å². The molecule has 0 aliphatic carbocycles. The summed E-state index contributed by atoms with van der Waals surface area (Å²) in [6.07, 6.45) is 0.0857. The van der Waals surface area contributed by atoms with Crippen molar-refractivity contribution >= 4 is 11.5 Å². The predicted octanol–water partition coefficient (Wildman–Crippen LogP) is 1.20. The predicted molar refractivity (Wildman–Crippen MR) is 74.1 cm³/mol. The molecule has 2 N–H and O–H groups in total. The molecule has 0 amide bonds. The molecule has 1 fully saturated rings. The zero-order valence-electron chi connectivity index (χ0n) is 11.4. The van der Waals surface area contributed by atoms with Crippen LogP contribution in [0.15, 0.2) is 12.1 Å². The van der Waals surface area contributed by atoms with Crippen molar-refractivity contribution in [3.05, 3.63) is 12.1 Å². The van der Waals surface area contributed by atoms with E-state index in [1.165, 1.54) is 0 Å². The Kier molecular flexibility index (Phi) is 3.91. The number of nitrogens with zero attached hydrogens (tertiary/aromatic N) is 3. The highest BCUT2D eigenvalue weighted by molar-refractivity contribution is 5.54. The van der Waals surface area contributed by atoms with Gasteiger partial charge >= 0.3 is 0 Å². The van der Waals surface area contributed by atoms with E-state index in [1.807, 2.05) is 26.0 Å². The molecule has 5 nitrogen and oxygen atoms in total. The topological polar surface area (TPSA) is 54.6 Å². The second-order valence-corrected chi connectivity index (χ2v) is 5.02. The van der Waals surface area contributed by atoms with Gasteiger partial charge in [0.1, 0.15) is 5.82 Å².